The molecule has 1 rings (SSSR count). The number of amidine groups is 1. The van der Waals surface area contributed by atoms with E-state index in [9.17, 15) is 4.39 Å². The van der Waals surface area contributed by atoms with E-state index in [1.165, 1.54) is 25.3 Å². The Morgan fingerprint density at radius 2 is 2.23 bits per heavy atom. The van der Waals surface area contributed by atoms with Crippen LogP contribution in [0.1, 0.15) is 6.92 Å². The minimum absolute atomic E-state index is 0.194. The number of halogens is 1. The Kier molecular flexibility index (Phi) is 2.84. The van der Waals surface area contributed by atoms with Crippen molar-refractivity contribution in [2.24, 2.45) is 10.7 Å². The number of nitrogens with two attached hydrogens (primary N) is 1. The maximum absolute atomic E-state index is 13.0. The molecular weight excluding hydrogens is 171 g/mol. The molecule has 0 saturated heterocycles. The molecule has 13 heavy (non-hydrogen) atoms. The zero-order chi connectivity index (χ0) is 9.84. The van der Waals surface area contributed by atoms with Gasteiger partial charge in [-0.15, -0.1) is 0 Å². The number of hydrogen-bond acceptors (Lipinski definition) is 2. The minimum atomic E-state index is -0.411. The number of hydrogen-bond donors (Lipinski definition) is 1. The molecule has 0 bridgehead atoms. The third-order valence-electron chi connectivity index (χ3n) is 1.45. The van der Waals surface area contributed by atoms with Gasteiger partial charge in [-0.2, -0.15) is 0 Å². The molecule has 0 aromatic heterocycles. The lowest BCUT2D eigenvalue weighted by molar-refractivity contribution is 0.414. The van der Waals surface area contributed by atoms with Crippen molar-refractivity contribution in [1.82, 2.24) is 0 Å². The molecule has 1 aromatic carbocycles. The van der Waals surface area contributed by atoms with Crippen LogP contribution in [-0.4, -0.2) is 12.9 Å². The van der Waals surface area contributed by atoms with Crippen LogP contribution < -0.4 is 10.5 Å². The molecule has 0 fully saturated rings. The molecule has 3 nitrogen and oxygen atoms in total. The van der Waals surface area contributed by atoms with Crippen molar-refractivity contribution < 1.29 is 9.13 Å². The van der Waals surface area contributed by atoms with Crippen molar-refractivity contribution in [3.8, 4) is 5.75 Å². The first-order chi connectivity index (χ1) is 6.13. The average Bonchev–Trinajstić information content (AvgIpc) is 2.08. The topological polar surface area (TPSA) is 47.6 Å². The Bertz CT molecular complexity index is 332. The van der Waals surface area contributed by atoms with E-state index in [0.717, 1.165) is 0 Å². The van der Waals surface area contributed by atoms with Gasteiger partial charge in [0.05, 0.1) is 12.9 Å². The molecule has 0 radical (unpaired) electrons. The van der Waals surface area contributed by atoms with Crippen LogP contribution in [0.5, 0.6) is 5.75 Å². The highest BCUT2D eigenvalue weighted by Crippen LogP contribution is 2.23. The Morgan fingerprint density at radius 1 is 1.54 bits per heavy atom. The largest absolute Gasteiger partial charge is 0.497 e. The Morgan fingerprint density at radius 3 is 2.77 bits per heavy atom. The Labute approximate surface area is 76.0 Å². The predicted molar refractivity (Wildman–Crippen MR) is 49.9 cm³/mol. The number of ether oxygens (including phenoxy) is 1. The molecule has 0 atom stereocenters. The quantitative estimate of drug-likeness (QED) is 0.560. The average molecular weight is 182 g/mol. The van der Waals surface area contributed by atoms with Crippen LogP contribution in [-0.2, 0) is 0 Å². The van der Waals surface area contributed by atoms with Crippen LogP contribution in [0.15, 0.2) is 23.2 Å². The van der Waals surface area contributed by atoms with Crippen molar-refractivity contribution in [2.45, 2.75) is 6.92 Å². The molecule has 1 aromatic rings. The number of rotatable bonds is 2. The van der Waals surface area contributed by atoms with Gasteiger partial charge in [-0.05, 0) is 19.1 Å². The van der Waals surface area contributed by atoms with Crippen LogP contribution in [0, 0.1) is 5.82 Å². The van der Waals surface area contributed by atoms with E-state index in [1.54, 1.807) is 6.92 Å². The fourth-order valence-corrected chi connectivity index (χ4v) is 0.895. The molecule has 4 heteroatoms. The van der Waals surface area contributed by atoms with E-state index in [1.807, 2.05) is 0 Å². The number of benzene rings is 1. The SMILES string of the molecule is COc1ccc(F)c(N=C(C)N)c1. The monoisotopic (exact) mass is 182 g/mol. The molecule has 0 saturated carbocycles. The number of aliphatic imine (C=N–C) groups is 1. The zero-order valence-electron chi connectivity index (χ0n) is 7.54. The number of methoxy groups -OCH3 is 1. The van der Waals surface area contributed by atoms with Gasteiger partial charge < -0.3 is 10.5 Å². The molecule has 2 N–H and O–H groups in total. The van der Waals surface area contributed by atoms with E-state index in [4.69, 9.17) is 10.5 Å². The highest BCUT2D eigenvalue weighted by molar-refractivity contribution is 5.80. The van der Waals surface area contributed by atoms with Gasteiger partial charge in [0.25, 0.3) is 0 Å². The standard InChI is InChI=1S/C9H11FN2O/c1-6(11)12-9-5-7(13-2)3-4-8(9)10/h3-5H,1-2H3,(H2,11,12). The van der Waals surface area contributed by atoms with Gasteiger partial charge in [0.1, 0.15) is 17.3 Å². The fourth-order valence-electron chi connectivity index (χ4n) is 0.895. The van der Waals surface area contributed by atoms with E-state index in [0.29, 0.717) is 11.6 Å². The normalized spacial score (nSPS) is 11.5. The van der Waals surface area contributed by atoms with E-state index >= 15 is 0 Å². The van der Waals surface area contributed by atoms with Gasteiger partial charge in [-0.25, -0.2) is 9.38 Å². The van der Waals surface area contributed by atoms with E-state index < -0.39 is 5.82 Å². The molecular formula is C9H11FN2O. The summed E-state index contributed by atoms with van der Waals surface area (Å²) in [5.41, 5.74) is 5.52. The third-order valence-corrected chi connectivity index (χ3v) is 1.45. The summed E-state index contributed by atoms with van der Waals surface area (Å²) in [6.07, 6.45) is 0. The lowest BCUT2D eigenvalue weighted by Crippen LogP contribution is -2.04. The van der Waals surface area contributed by atoms with Crippen LogP contribution in [0.2, 0.25) is 0 Å². The van der Waals surface area contributed by atoms with Crippen molar-refractivity contribution in [1.29, 1.82) is 0 Å². The number of nitrogens with zero attached hydrogens (tertiary/aromatic N) is 1. The van der Waals surface area contributed by atoms with Crippen LogP contribution in [0.3, 0.4) is 0 Å². The third kappa shape index (κ3) is 2.43. The summed E-state index contributed by atoms with van der Waals surface area (Å²) in [5, 5.41) is 0. The molecule has 70 valence electrons. The van der Waals surface area contributed by atoms with E-state index in [-0.39, 0.29) is 5.69 Å². The molecule has 0 aliphatic carbocycles. The summed E-state index contributed by atoms with van der Waals surface area (Å²) >= 11 is 0. The van der Waals surface area contributed by atoms with Gasteiger partial charge >= 0.3 is 0 Å². The molecule has 0 heterocycles. The zero-order valence-corrected chi connectivity index (χ0v) is 7.54. The Hall–Kier alpha value is -1.58. The molecule has 0 amide bonds. The Balaban J connectivity index is 3.11. The summed E-state index contributed by atoms with van der Waals surface area (Å²) in [6.45, 7) is 1.60. The molecule has 0 unspecified atom stereocenters. The summed E-state index contributed by atoms with van der Waals surface area (Å²) in [7, 11) is 1.51. The summed E-state index contributed by atoms with van der Waals surface area (Å²) in [5.74, 6) is 0.458. The van der Waals surface area contributed by atoms with Crippen molar-refractivity contribution >= 4 is 11.5 Å². The highest BCUT2D eigenvalue weighted by Gasteiger charge is 2.01. The predicted octanol–water partition coefficient (Wildman–Crippen LogP) is 1.84. The molecule has 0 aliphatic rings. The summed E-state index contributed by atoms with van der Waals surface area (Å²) in [4.78, 5) is 3.81. The van der Waals surface area contributed by atoms with Crippen molar-refractivity contribution in [3.63, 3.8) is 0 Å². The van der Waals surface area contributed by atoms with Crippen molar-refractivity contribution in [2.75, 3.05) is 7.11 Å². The lowest BCUT2D eigenvalue weighted by atomic mass is 10.3. The van der Waals surface area contributed by atoms with Gasteiger partial charge in [0.2, 0.25) is 0 Å². The van der Waals surface area contributed by atoms with Gasteiger partial charge in [0, 0.05) is 6.07 Å². The van der Waals surface area contributed by atoms with Crippen LogP contribution in [0.25, 0.3) is 0 Å². The first-order valence-electron chi connectivity index (χ1n) is 3.78. The van der Waals surface area contributed by atoms with Crippen LogP contribution >= 0.6 is 0 Å². The molecule has 0 spiro atoms. The summed E-state index contributed by atoms with van der Waals surface area (Å²) in [6, 6.07) is 4.31. The smallest absolute Gasteiger partial charge is 0.149 e. The second-order valence-electron chi connectivity index (χ2n) is 2.57. The lowest BCUT2D eigenvalue weighted by Gasteiger charge is -2.01. The second-order valence-corrected chi connectivity index (χ2v) is 2.57. The first kappa shape index (κ1) is 9.51. The van der Waals surface area contributed by atoms with Crippen molar-refractivity contribution in [3.05, 3.63) is 24.0 Å². The summed E-state index contributed by atoms with van der Waals surface area (Å²) < 4.78 is 18.0. The van der Waals surface area contributed by atoms with Gasteiger partial charge in [-0.3, -0.25) is 0 Å². The minimum Gasteiger partial charge on any atom is -0.497 e. The maximum atomic E-state index is 13.0. The van der Waals surface area contributed by atoms with Gasteiger partial charge in [0.15, 0.2) is 0 Å². The second kappa shape index (κ2) is 3.89. The van der Waals surface area contributed by atoms with E-state index in [2.05, 4.69) is 4.99 Å². The highest BCUT2D eigenvalue weighted by atomic mass is 19.1. The first-order valence-corrected chi connectivity index (χ1v) is 3.78. The maximum Gasteiger partial charge on any atom is 0.149 e. The van der Waals surface area contributed by atoms with Crippen LogP contribution in [0.4, 0.5) is 10.1 Å². The fraction of sp³-hybridized carbons (Fsp3) is 0.222. The molecule has 0 aliphatic heterocycles. The van der Waals surface area contributed by atoms with Gasteiger partial charge in [-0.1, -0.05) is 0 Å².